The lowest BCUT2D eigenvalue weighted by Gasteiger charge is -2.14. The first-order valence-corrected chi connectivity index (χ1v) is 11.5. The predicted octanol–water partition coefficient (Wildman–Crippen LogP) is 4.15. The number of rotatable bonds is 9. The second-order valence-electron chi connectivity index (χ2n) is 7.39. The Bertz CT molecular complexity index is 953. The number of hydrogen-bond acceptors (Lipinski definition) is 5. The molecule has 0 radical (unpaired) electrons. The highest BCUT2D eigenvalue weighted by atomic mass is 79.9. The molecule has 32 heavy (non-hydrogen) atoms. The van der Waals surface area contributed by atoms with Crippen LogP contribution < -0.4 is 25.6 Å². The summed E-state index contributed by atoms with van der Waals surface area (Å²) >= 11 is 8.52. The molecule has 2 aromatic carbocycles. The molecular formula is C23H28BrN3O4S. The monoisotopic (exact) mass is 521 g/mol. The molecule has 172 valence electrons. The quantitative estimate of drug-likeness (QED) is 0.339. The molecular weight excluding hydrogens is 494 g/mol. The zero-order valence-corrected chi connectivity index (χ0v) is 20.8. The Labute approximate surface area is 202 Å². The predicted molar refractivity (Wildman–Crippen MR) is 132 cm³/mol. The molecule has 0 aliphatic rings. The molecule has 0 atom stereocenters. The van der Waals surface area contributed by atoms with E-state index in [4.69, 9.17) is 21.7 Å². The number of amides is 2. The Hall–Kier alpha value is -2.65. The van der Waals surface area contributed by atoms with Crippen molar-refractivity contribution in [1.29, 1.82) is 0 Å². The van der Waals surface area contributed by atoms with Crippen LogP contribution in [0, 0.1) is 5.92 Å². The fourth-order valence-corrected chi connectivity index (χ4v) is 3.26. The molecule has 0 saturated carbocycles. The van der Waals surface area contributed by atoms with Crippen LogP contribution in [0.15, 0.2) is 46.9 Å². The molecule has 0 fully saturated rings. The van der Waals surface area contributed by atoms with Gasteiger partial charge in [-0.15, -0.1) is 0 Å². The van der Waals surface area contributed by atoms with Crippen molar-refractivity contribution in [3.8, 4) is 11.5 Å². The van der Waals surface area contributed by atoms with E-state index >= 15 is 0 Å². The minimum Gasteiger partial charge on any atom is -0.493 e. The van der Waals surface area contributed by atoms with E-state index in [1.807, 2.05) is 12.1 Å². The summed E-state index contributed by atoms with van der Waals surface area (Å²) in [5.74, 6) is 0.642. The third-order valence-electron chi connectivity index (χ3n) is 4.39. The van der Waals surface area contributed by atoms with Crippen LogP contribution in [0.3, 0.4) is 0 Å². The van der Waals surface area contributed by atoms with E-state index in [1.165, 1.54) is 0 Å². The van der Waals surface area contributed by atoms with E-state index in [0.717, 1.165) is 22.9 Å². The van der Waals surface area contributed by atoms with E-state index in [-0.39, 0.29) is 11.7 Å². The molecule has 0 aliphatic carbocycles. The fourth-order valence-electron chi connectivity index (χ4n) is 2.57. The van der Waals surface area contributed by atoms with Crippen LogP contribution in [0.2, 0.25) is 0 Å². The van der Waals surface area contributed by atoms with Crippen molar-refractivity contribution in [3.05, 3.63) is 58.1 Å². The molecule has 7 nitrogen and oxygen atoms in total. The van der Waals surface area contributed by atoms with Crippen LogP contribution in [0.4, 0.5) is 0 Å². The van der Waals surface area contributed by atoms with Gasteiger partial charge in [0, 0.05) is 0 Å². The highest BCUT2D eigenvalue weighted by molar-refractivity contribution is 9.10. The molecule has 0 saturated heterocycles. The van der Waals surface area contributed by atoms with Crippen LogP contribution in [0.5, 0.6) is 11.5 Å². The lowest BCUT2D eigenvalue weighted by atomic mass is 10.1. The summed E-state index contributed by atoms with van der Waals surface area (Å²) in [4.78, 5) is 24.6. The minimum atomic E-state index is -0.453. The van der Waals surface area contributed by atoms with Gasteiger partial charge in [0.2, 0.25) is 0 Å². The first-order chi connectivity index (χ1) is 15.3. The Morgan fingerprint density at radius 2 is 1.81 bits per heavy atom. The minimum absolute atomic E-state index is 0.0474. The van der Waals surface area contributed by atoms with Gasteiger partial charge in [0.1, 0.15) is 11.5 Å². The molecule has 2 rings (SSSR count). The Kier molecular flexibility index (Phi) is 10.4. The molecule has 3 N–H and O–H groups in total. The summed E-state index contributed by atoms with van der Waals surface area (Å²) < 4.78 is 12.0. The Morgan fingerprint density at radius 1 is 1.06 bits per heavy atom. The van der Waals surface area contributed by atoms with Crippen LogP contribution >= 0.6 is 28.1 Å². The lowest BCUT2D eigenvalue weighted by Crippen LogP contribution is -2.49. The maximum atomic E-state index is 12.6. The Morgan fingerprint density at radius 3 is 2.50 bits per heavy atom. The van der Waals surface area contributed by atoms with Crippen molar-refractivity contribution in [3.63, 3.8) is 0 Å². The van der Waals surface area contributed by atoms with Crippen LogP contribution in [0.25, 0.3) is 0 Å². The van der Waals surface area contributed by atoms with Gasteiger partial charge in [0.25, 0.3) is 11.8 Å². The summed E-state index contributed by atoms with van der Waals surface area (Å²) in [6.45, 7) is 6.55. The maximum absolute atomic E-state index is 12.6. The molecule has 0 unspecified atom stereocenters. The molecule has 0 aromatic heterocycles. The number of ether oxygens (including phenoxy) is 2. The topological polar surface area (TPSA) is 88.7 Å². The SMILES string of the molecule is CCc1ccc(OCC(=O)NNC(=S)NC(=O)c2ccccc2OCCC(C)C)c(Br)c1. The second-order valence-corrected chi connectivity index (χ2v) is 8.65. The molecule has 2 amide bonds. The van der Waals surface area contributed by atoms with Crippen molar-refractivity contribution >= 4 is 45.1 Å². The lowest BCUT2D eigenvalue weighted by molar-refractivity contribution is -0.123. The van der Waals surface area contributed by atoms with E-state index in [1.54, 1.807) is 30.3 Å². The number of hydrazine groups is 1. The van der Waals surface area contributed by atoms with E-state index in [0.29, 0.717) is 29.6 Å². The van der Waals surface area contributed by atoms with Crippen molar-refractivity contribution in [2.24, 2.45) is 5.92 Å². The van der Waals surface area contributed by atoms with Gasteiger partial charge < -0.3 is 9.47 Å². The summed E-state index contributed by atoms with van der Waals surface area (Å²) in [6, 6.07) is 12.6. The van der Waals surface area contributed by atoms with E-state index in [2.05, 4.69) is 52.9 Å². The number of thiocarbonyl (C=S) groups is 1. The van der Waals surface area contributed by atoms with Gasteiger partial charge in [0.15, 0.2) is 11.7 Å². The van der Waals surface area contributed by atoms with E-state index in [9.17, 15) is 9.59 Å². The van der Waals surface area contributed by atoms with Crippen molar-refractivity contribution < 1.29 is 19.1 Å². The normalized spacial score (nSPS) is 10.4. The third-order valence-corrected chi connectivity index (χ3v) is 5.21. The molecule has 0 bridgehead atoms. The maximum Gasteiger partial charge on any atom is 0.276 e. The number of para-hydroxylation sites is 1. The molecule has 0 aliphatic heterocycles. The zero-order chi connectivity index (χ0) is 23.5. The number of halogens is 1. The van der Waals surface area contributed by atoms with Gasteiger partial charge in [-0.2, -0.15) is 0 Å². The van der Waals surface area contributed by atoms with Gasteiger partial charge in [-0.25, -0.2) is 0 Å². The highest BCUT2D eigenvalue weighted by Crippen LogP contribution is 2.26. The standard InChI is InChI=1S/C23H28BrN3O4S/c1-4-16-9-10-20(18(24)13-16)31-14-21(28)26-27-23(32)25-22(29)17-7-5-6-8-19(17)30-12-11-15(2)3/h5-10,13,15H,4,11-12,14H2,1-3H3,(H,26,28)(H2,25,27,29,32). The van der Waals surface area contributed by atoms with Gasteiger partial charge in [-0.05, 0) is 76.7 Å². The summed E-state index contributed by atoms with van der Waals surface area (Å²) in [5, 5.41) is 2.48. The Balaban J connectivity index is 1.80. The first kappa shape index (κ1) is 25.6. The summed E-state index contributed by atoms with van der Waals surface area (Å²) in [6.07, 6.45) is 1.78. The zero-order valence-electron chi connectivity index (χ0n) is 18.4. The summed E-state index contributed by atoms with van der Waals surface area (Å²) in [7, 11) is 0. The average molecular weight is 522 g/mol. The average Bonchev–Trinajstić information content (AvgIpc) is 2.76. The van der Waals surface area contributed by atoms with Gasteiger partial charge >= 0.3 is 0 Å². The molecule has 9 heteroatoms. The summed E-state index contributed by atoms with van der Waals surface area (Å²) in [5.41, 5.74) is 6.41. The number of aryl methyl sites for hydroxylation is 1. The first-order valence-electron chi connectivity index (χ1n) is 10.3. The molecule has 0 heterocycles. The highest BCUT2D eigenvalue weighted by Gasteiger charge is 2.14. The number of carbonyl (C=O) groups excluding carboxylic acids is 2. The number of benzene rings is 2. The fraction of sp³-hybridized carbons (Fsp3) is 0.348. The molecule has 2 aromatic rings. The number of nitrogens with one attached hydrogen (secondary N) is 3. The second kappa shape index (κ2) is 13.0. The van der Waals surface area contributed by atoms with Crippen LogP contribution in [-0.4, -0.2) is 30.1 Å². The van der Waals surface area contributed by atoms with Crippen LogP contribution in [0.1, 0.15) is 43.1 Å². The van der Waals surface area contributed by atoms with E-state index < -0.39 is 11.8 Å². The van der Waals surface area contributed by atoms with Gasteiger partial charge in [-0.1, -0.05) is 39.0 Å². The largest absolute Gasteiger partial charge is 0.493 e. The third kappa shape index (κ3) is 8.47. The smallest absolute Gasteiger partial charge is 0.276 e. The number of hydrogen-bond donors (Lipinski definition) is 3. The van der Waals surface area contributed by atoms with Gasteiger partial charge in [-0.3, -0.25) is 25.8 Å². The van der Waals surface area contributed by atoms with Crippen molar-refractivity contribution in [2.75, 3.05) is 13.2 Å². The van der Waals surface area contributed by atoms with Crippen LogP contribution in [-0.2, 0) is 11.2 Å². The number of carbonyl (C=O) groups is 2. The molecule has 0 spiro atoms. The van der Waals surface area contributed by atoms with Crippen molar-refractivity contribution in [2.45, 2.75) is 33.6 Å². The van der Waals surface area contributed by atoms with Crippen molar-refractivity contribution in [1.82, 2.24) is 16.2 Å². The van der Waals surface area contributed by atoms with Gasteiger partial charge in [0.05, 0.1) is 16.6 Å².